The number of hydrogen-bond donors (Lipinski definition) is 1. The van der Waals surface area contributed by atoms with E-state index in [0.717, 1.165) is 11.3 Å². The van der Waals surface area contributed by atoms with Gasteiger partial charge in [0, 0.05) is 0 Å². The molecule has 1 fully saturated rings. The van der Waals surface area contributed by atoms with E-state index in [-0.39, 0.29) is 11.7 Å². The molecule has 0 aliphatic carbocycles. The number of methoxy groups -OCH3 is 2. The van der Waals surface area contributed by atoms with Crippen molar-refractivity contribution >= 4 is 40.3 Å². The number of phenols is 1. The van der Waals surface area contributed by atoms with Crippen LogP contribution < -0.4 is 14.4 Å². The molecule has 3 aromatic rings. The van der Waals surface area contributed by atoms with Gasteiger partial charge in [-0.15, -0.1) is 0 Å². The summed E-state index contributed by atoms with van der Waals surface area (Å²) in [6, 6.07) is 21.3. The Morgan fingerprint density at radius 2 is 1.45 bits per heavy atom. The van der Waals surface area contributed by atoms with E-state index >= 15 is 0 Å². The van der Waals surface area contributed by atoms with Crippen molar-refractivity contribution < 1.29 is 19.4 Å². The number of amidine groups is 1. The van der Waals surface area contributed by atoms with Crippen molar-refractivity contribution in [2.75, 3.05) is 19.1 Å². The van der Waals surface area contributed by atoms with Gasteiger partial charge < -0.3 is 14.6 Å². The summed E-state index contributed by atoms with van der Waals surface area (Å²) in [5, 5.41) is 10.1. The van der Waals surface area contributed by atoms with Gasteiger partial charge in [-0.1, -0.05) is 12.1 Å². The number of carbonyl (C=O) groups excluding carboxylic acids is 1. The first-order valence-electron chi connectivity index (χ1n) is 9.47. The summed E-state index contributed by atoms with van der Waals surface area (Å²) < 4.78 is 10.4. The van der Waals surface area contributed by atoms with E-state index in [0.29, 0.717) is 27.2 Å². The van der Waals surface area contributed by atoms with Crippen LogP contribution >= 0.6 is 11.8 Å². The van der Waals surface area contributed by atoms with E-state index in [1.165, 1.54) is 11.8 Å². The molecule has 0 unspecified atom stereocenters. The lowest BCUT2D eigenvalue weighted by atomic mass is 10.2. The maximum atomic E-state index is 13.3. The quantitative estimate of drug-likeness (QED) is 0.560. The number of phenolic OH excluding ortho intramolecular Hbond substituents is 1. The van der Waals surface area contributed by atoms with Crippen LogP contribution in [0.25, 0.3) is 6.08 Å². The van der Waals surface area contributed by atoms with Crippen molar-refractivity contribution in [3.05, 3.63) is 83.3 Å². The first-order chi connectivity index (χ1) is 15.1. The molecule has 0 atom stereocenters. The Bertz CT molecular complexity index is 1140. The van der Waals surface area contributed by atoms with Gasteiger partial charge in [-0.05, 0) is 84.1 Å². The number of anilines is 1. The van der Waals surface area contributed by atoms with E-state index in [4.69, 9.17) is 14.5 Å². The number of rotatable bonds is 5. The van der Waals surface area contributed by atoms with Crippen LogP contribution in [0.5, 0.6) is 17.2 Å². The highest BCUT2D eigenvalue weighted by molar-refractivity contribution is 8.19. The van der Waals surface area contributed by atoms with Gasteiger partial charge in [-0.25, -0.2) is 4.99 Å². The average molecular weight is 433 g/mol. The van der Waals surface area contributed by atoms with Gasteiger partial charge in [-0.3, -0.25) is 9.69 Å². The summed E-state index contributed by atoms with van der Waals surface area (Å²) in [7, 11) is 3.21. The number of benzene rings is 3. The van der Waals surface area contributed by atoms with Gasteiger partial charge in [0.2, 0.25) is 0 Å². The summed E-state index contributed by atoms with van der Waals surface area (Å²) in [5.41, 5.74) is 2.22. The van der Waals surface area contributed by atoms with Crippen LogP contribution in [0.3, 0.4) is 0 Å². The Hall–Kier alpha value is -3.71. The second kappa shape index (κ2) is 8.97. The summed E-state index contributed by atoms with van der Waals surface area (Å²) in [4.78, 5) is 20.1. The molecule has 31 heavy (non-hydrogen) atoms. The summed E-state index contributed by atoms with van der Waals surface area (Å²) in [6.45, 7) is 0. The monoisotopic (exact) mass is 432 g/mol. The number of nitrogens with zero attached hydrogens (tertiary/aromatic N) is 2. The van der Waals surface area contributed by atoms with Crippen molar-refractivity contribution in [2.45, 2.75) is 0 Å². The predicted molar refractivity (Wildman–Crippen MR) is 124 cm³/mol. The maximum absolute atomic E-state index is 13.3. The minimum atomic E-state index is -0.171. The third-order valence-electron chi connectivity index (χ3n) is 4.63. The van der Waals surface area contributed by atoms with E-state index in [1.54, 1.807) is 61.6 Å². The molecule has 6 nitrogen and oxygen atoms in total. The van der Waals surface area contributed by atoms with Gasteiger partial charge in [0.05, 0.1) is 30.5 Å². The van der Waals surface area contributed by atoms with E-state index in [2.05, 4.69) is 0 Å². The molecule has 1 aliphatic rings. The molecule has 0 bridgehead atoms. The molecule has 1 saturated heterocycles. The number of aliphatic imine (C=N–C) groups is 1. The van der Waals surface area contributed by atoms with Crippen molar-refractivity contribution in [2.24, 2.45) is 4.99 Å². The fourth-order valence-corrected chi connectivity index (χ4v) is 4.00. The molecule has 7 heteroatoms. The van der Waals surface area contributed by atoms with Crippen LogP contribution in [-0.4, -0.2) is 30.4 Å². The first kappa shape index (κ1) is 20.6. The highest BCUT2D eigenvalue weighted by atomic mass is 32.2. The van der Waals surface area contributed by atoms with E-state index < -0.39 is 0 Å². The highest BCUT2D eigenvalue weighted by Gasteiger charge is 2.34. The molecule has 156 valence electrons. The Labute approximate surface area is 184 Å². The van der Waals surface area contributed by atoms with Crippen molar-refractivity contribution in [3.8, 4) is 17.2 Å². The molecule has 1 N–H and O–H groups in total. The third-order valence-corrected chi connectivity index (χ3v) is 5.59. The van der Waals surface area contributed by atoms with Crippen LogP contribution in [0.2, 0.25) is 0 Å². The number of aromatic hydroxyl groups is 1. The fraction of sp³-hybridized carbons (Fsp3) is 0.0833. The number of ether oxygens (including phenoxy) is 2. The third kappa shape index (κ3) is 4.57. The smallest absolute Gasteiger partial charge is 0.271 e. The van der Waals surface area contributed by atoms with Gasteiger partial charge in [0.25, 0.3) is 5.91 Å². The van der Waals surface area contributed by atoms with Crippen molar-refractivity contribution in [3.63, 3.8) is 0 Å². The standard InChI is InChI=1S/C24H20N2O4S/c1-29-20-11-5-17(6-12-20)25-24-26(18-7-13-21(30-2)14-8-18)23(28)22(31-24)15-16-3-9-19(27)10-4-16/h3-15,27H,1-2H3/b22-15-,25-24-. The molecule has 0 spiro atoms. The Morgan fingerprint density at radius 3 is 2.03 bits per heavy atom. The Kier molecular flexibility index (Phi) is 5.95. The minimum absolute atomic E-state index is 0.171. The molecule has 0 saturated carbocycles. The molecule has 1 aliphatic heterocycles. The zero-order valence-electron chi connectivity index (χ0n) is 17.0. The Balaban J connectivity index is 1.74. The number of thioether (sulfide) groups is 1. The maximum Gasteiger partial charge on any atom is 0.271 e. The molecule has 0 aromatic heterocycles. The van der Waals surface area contributed by atoms with Crippen molar-refractivity contribution in [1.29, 1.82) is 0 Å². The van der Waals surface area contributed by atoms with Gasteiger partial charge in [0.15, 0.2) is 5.17 Å². The predicted octanol–water partition coefficient (Wildman–Crippen LogP) is 5.22. The Morgan fingerprint density at radius 1 is 0.871 bits per heavy atom. The SMILES string of the molecule is COc1ccc(/N=C2\S/C(=C\c3ccc(O)cc3)C(=O)N2c2ccc(OC)cc2)cc1. The minimum Gasteiger partial charge on any atom is -0.508 e. The number of amides is 1. The molecule has 4 rings (SSSR count). The molecular weight excluding hydrogens is 412 g/mol. The lowest BCUT2D eigenvalue weighted by molar-refractivity contribution is -0.113. The normalized spacial score (nSPS) is 16.2. The van der Waals surface area contributed by atoms with E-state index in [9.17, 15) is 9.90 Å². The lowest BCUT2D eigenvalue weighted by Gasteiger charge is -2.16. The summed E-state index contributed by atoms with van der Waals surface area (Å²) in [5.74, 6) is 1.44. The number of hydrogen-bond acceptors (Lipinski definition) is 6. The number of carbonyl (C=O) groups is 1. The van der Waals surface area contributed by atoms with Gasteiger partial charge in [-0.2, -0.15) is 0 Å². The highest BCUT2D eigenvalue weighted by Crippen LogP contribution is 2.38. The zero-order valence-corrected chi connectivity index (χ0v) is 17.8. The van der Waals surface area contributed by atoms with Crippen LogP contribution in [-0.2, 0) is 4.79 Å². The molecule has 1 amide bonds. The average Bonchev–Trinajstić information content (AvgIpc) is 3.10. The topological polar surface area (TPSA) is 71.4 Å². The summed E-state index contributed by atoms with van der Waals surface area (Å²) >= 11 is 1.30. The van der Waals surface area contributed by atoms with E-state index in [1.807, 2.05) is 36.4 Å². The largest absolute Gasteiger partial charge is 0.508 e. The second-order valence-corrected chi connectivity index (χ2v) is 7.64. The van der Waals surface area contributed by atoms with Gasteiger partial charge in [0.1, 0.15) is 17.2 Å². The van der Waals surface area contributed by atoms with Crippen LogP contribution in [0, 0.1) is 0 Å². The zero-order chi connectivity index (χ0) is 21.8. The fourth-order valence-electron chi connectivity index (χ4n) is 3.00. The van der Waals surface area contributed by atoms with Gasteiger partial charge >= 0.3 is 0 Å². The van der Waals surface area contributed by atoms with Crippen LogP contribution in [0.4, 0.5) is 11.4 Å². The van der Waals surface area contributed by atoms with Crippen LogP contribution in [0.1, 0.15) is 5.56 Å². The molecule has 3 aromatic carbocycles. The summed E-state index contributed by atoms with van der Waals surface area (Å²) in [6.07, 6.45) is 1.79. The first-order valence-corrected chi connectivity index (χ1v) is 10.3. The molecule has 0 radical (unpaired) electrons. The molecular formula is C24H20N2O4S. The molecule has 1 heterocycles. The van der Waals surface area contributed by atoms with Crippen molar-refractivity contribution in [1.82, 2.24) is 0 Å². The second-order valence-electron chi connectivity index (χ2n) is 6.63. The van der Waals surface area contributed by atoms with Crippen LogP contribution in [0.15, 0.2) is 82.7 Å². The lowest BCUT2D eigenvalue weighted by Crippen LogP contribution is -2.28.